The Morgan fingerprint density at radius 3 is 2.53 bits per heavy atom. The van der Waals surface area contributed by atoms with Crippen molar-refractivity contribution in [3.05, 3.63) is 60.8 Å². The quantitative estimate of drug-likeness (QED) is 0.763. The molecule has 0 unspecified atom stereocenters. The van der Waals surface area contributed by atoms with Crippen molar-refractivity contribution in [3.8, 4) is 5.75 Å². The smallest absolute Gasteiger partial charge is 0.138 e. The standard InChI is InChI=1S/C16H14N2O/c1-19-14-8-6-13(7-9-14)18-16-15-5-3-2-4-12(15)10-11-17-16/h2-11H,1H3,(H,17,18). The predicted molar refractivity (Wildman–Crippen MR) is 78.0 cm³/mol. The van der Waals surface area contributed by atoms with E-state index in [9.17, 15) is 0 Å². The minimum absolute atomic E-state index is 0.844. The van der Waals surface area contributed by atoms with E-state index in [-0.39, 0.29) is 0 Å². The second-order valence-electron chi connectivity index (χ2n) is 4.23. The first-order chi connectivity index (χ1) is 9.36. The van der Waals surface area contributed by atoms with E-state index in [2.05, 4.69) is 22.4 Å². The van der Waals surface area contributed by atoms with Crippen LogP contribution in [0.3, 0.4) is 0 Å². The summed E-state index contributed by atoms with van der Waals surface area (Å²) >= 11 is 0. The summed E-state index contributed by atoms with van der Waals surface area (Å²) in [6.45, 7) is 0. The molecule has 1 aromatic heterocycles. The van der Waals surface area contributed by atoms with Crippen molar-refractivity contribution >= 4 is 22.3 Å². The number of ether oxygens (including phenoxy) is 1. The van der Waals surface area contributed by atoms with Crippen LogP contribution in [0.1, 0.15) is 0 Å². The van der Waals surface area contributed by atoms with Crippen LogP contribution in [0.5, 0.6) is 5.75 Å². The highest BCUT2D eigenvalue weighted by Crippen LogP contribution is 2.24. The van der Waals surface area contributed by atoms with Crippen molar-refractivity contribution in [2.45, 2.75) is 0 Å². The van der Waals surface area contributed by atoms with Gasteiger partial charge in [0.2, 0.25) is 0 Å². The molecule has 0 fully saturated rings. The van der Waals surface area contributed by atoms with Crippen molar-refractivity contribution in [1.29, 1.82) is 0 Å². The van der Waals surface area contributed by atoms with Gasteiger partial charge in [-0.25, -0.2) is 4.98 Å². The summed E-state index contributed by atoms with van der Waals surface area (Å²) in [5.74, 6) is 1.71. The zero-order valence-corrected chi connectivity index (χ0v) is 10.6. The third-order valence-electron chi connectivity index (χ3n) is 3.03. The minimum Gasteiger partial charge on any atom is -0.497 e. The maximum Gasteiger partial charge on any atom is 0.138 e. The van der Waals surface area contributed by atoms with Crippen LogP contribution in [-0.2, 0) is 0 Å². The first-order valence-electron chi connectivity index (χ1n) is 6.11. The Morgan fingerprint density at radius 2 is 1.74 bits per heavy atom. The molecule has 19 heavy (non-hydrogen) atoms. The molecule has 0 saturated heterocycles. The number of anilines is 2. The molecule has 94 valence electrons. The van der Waals surface area contributed by atoms with Gasteiger partial charge in [0.05, 0.1) is 7.11 Å². The Labute approximate surface area is 111 Å². The molecule has 3 heteroatoms. The zero-order chi connectivity index (χ0) is 13.1. The highest BCUT2D eigenvalue weighted by atomic mass is 16.5. The Kier molecular flexibility index (Phi) is 3.02. The lowest BCUT2D eigenvalue weighted by Crippen LogP contribution is -1.94. The second-order valence-corrected chi connectivity index (χ2v) is 4.23. The fraction of sp³-hybridized carbons (Fsp3) is 0.0625. The summed E-state index contributed by atoms with van der Waals surface area (Å²) < 4.78 is 5.15. The van der Waals surface area contributed by atoms with Gasteiger partial charge in [-0.1, -0.05) is 24.3 Å². The Hall–Kier alpha value is -2.55. The number of hydrogen-bond acceptors (Lipinski definition) is 3. The molecule has 0 radical (unpaired) electrons. The molecule has 0 atom stereocenters. The number of benzene rings is 2. The molecule has 0 aliphatic carbocycles. The second kappa shape index (κ2) is 4.98. The van der Waals surface area contributed by atoms with Gasteiger partial charge in [-0.2, -0.15) is 0 Å². The van der Waals surface area contributed by atoms with Gasteiger partial charge in [-0.15, -0.1) is 0 Å². The number of fused-ring (bicyclic) bond motifs is 1. The maximum atomic E-state index is 5.15. The van der Waals surface area contributed by atoms with Gasteiger partial charge in [-0.05, 0) is 35.7 Å². The molecule has 0 aliphatic heterocycles. The fourth-order valence-corrected chi connectivity index (χ4v) is 2.03. The molecule has 1 heterocycles. The molecule has 1 N–H and O–H groups in total. The Bertz CT molecular complexity index is 687. The van der Waals surface area contributed by atoms with Gasteiger partial charge in [0.25, 0.3) is 0 Å². The van der Waals surface area contributed by atoms with E-state index in [1.54, 1.807) is 7.11 Å². The number of hydrogen-bond donors (Lipinski definition) is 1. The normalized spacial score (nSPS) is 10.4. The summed E-state index contributed by atoms with van der Waals surface area (Å²) in [6, 6.07) is 18.0. The van der Waals surface area contributed by atoms with E-state index >= 15 is 0 Å². The average molecular weight is 250 g/mol. The molecule has 0 aliphatic rings. The van der Waals surface area contributed by atoms with Crippen LogP contribution < -0.4 is 10.1 Å². The van der Waals surface area contributed by atoms with Crippen LogP contribution >= 0.6 is 0 Å². The summed E-state index contributed by atoms with van der Waals surface area (Å²) in [7, 11) is 1.66. The SMILES string of the molecule is COc1ccc(Nc2nccc3ccccc23)cc1. The summed E-state index contributed by atoms with van der Waals surface area (Å²) in [5, 5.41) is 5.62. The van der Waals surface area contributed by atoms with Gasteiger partial charge in [0.15, 0.2) is 0 Å². The van der Waals surface area contributed by atoms with E-state index in [1.165, 1.54) is 5.39 Å². The van der Waals surface area contributed by atoms with Crippen LogP contribution in [0.4, 0.5) is 11.5 Å². The Morgan fingerprint density at radius 1 is 0.947 bits per heavy atom. The van der Waals surface area contributed by atoms with Crippen molar-refractivity contribution in [2.75, 3.05) is 12.4 Å². The van der Waals surface area contributed by atoms with Gasteiger partial charge in [0.1, 0.15) is 11.6 Å². The maximum absolute atomic E-state index is 5.15. The molecule has 3 nitrogen and oxygen atoms in total. The largest absolute Gasteiger partial charge is 0.497 e. The average Bonchev–Trinajstić information content (AvgIpc) is 2.48. The van der Waals surface area contributed by atoms with Crippen molar-refractivity contribution in [3.63, 3.8) is 0 Å². The topological polar surface area (TPSA) is 34.1 Å². The molecule has 3 rings (SSSR count). The number of aromatic nitrogens is 1. The van der Waals surface area contributed by atoms with Crippen LogP contribution in [0.25, 0.3) is 10.8 Å². The minimum atomic E-state index is 0.844. The monoisotopic (exact) mass is 250 g/mol. The van der Waals surface area contributed by atoms with E-state index in [1.807, 2.05) is 48.7 Å². The van der Waals surface area contributed by atoms with Gasteiger partial charge >= 0.3 is 0 Å². The summed E-state index contributed by atoms with van der Waals surface area (Å²) in [6.07, 6.45) is 1.81. The zero-order valence-electron chi connectivity index (χ0n) is 10.6. The van der Waals surface area contributed by atoms with Gasteiger partial charge in [0, 0.05) is 17.3 Å². The Balaban J connectivity index is 1.96. The summed E-state index contributed by atoms with van der Waals surface area (Å²) in [5.41, 5.74) is 0.990. The van der Waals surface area contributed by atoms with Crippen LogP contribution in [-0.4, -0.2) is 12.1 Å². The molecular weight excluding hydrogens is 236 g/mol. The molecule has 0 spiro atoms. The lowest BCUT2D eigenvalue weighted by molar-refractivity contribution is 0.415. The molecule has 0 saturated carbocycles. The highest BCUT2D eigenvalue weighted by molar-refractivity contribution is 5.93. The third-order valence-corrected chi connectivity index (χ3v) is 3.03. The molecule has 0 bridgehead atoms. The van der Waals surface area contributed by atoms with E-state index in [4.69, 9.17) is 4.74 Å². The third kappa shape index (κ3) is 2.36. The number of nitrogens with one attached hydrogen (secondary N) is 1. The lowest BCUT2D eigenvalue weighted by Gasteiger charge is -2.09. The number of rotatable bonds is 3. The lowest BCUT2D eigenvalue weighted by atomic mass is 10.1. The summed E-state index contributed by atoms with van der Waals surface area (Å²) in [4.78, 5) is 4.40. The molecular formula is C16H14N2O. The van der Waals surface area contributed by atoms with E-state index < -0.39 is 0 Å². The molecule has 2 aromatic carbocycles. The van der Waals surface area contributed by atoms with E-state index in [0.29, 0.717) is 0 Å². The van der Waals surface area contributed by atoms with Gasteiger partial charge < -0.3 is 10.1 Å². The van der Waals surface area contributed by atoms with Crippen molar-refractivity contribution in [2.24, 2.45) is 0 Å². The van der Waals surface area contributed by atoms with Gasteiger partial charge in [-0.3, -0.25) is 0 Å². The van der Waals surface area contributed by atoms with Crippen molar-refractivity contribution in [1.82, 2.24) is 4.98 Å². The molecule has 3 aromatic rings. The number of nitrogens with zero attached hydrogens (tertiary/aromatic N) is 1. The van der Waals surface area contributed by atoms with Crippen LogP contribution in [0, 0.1) is 0 Å². The molecule has 0 amide bonds. The first-order valence-corrected chi connectivity index (χ1v) is 6.11. The van der Waals surface area contributed by atoms with Crippen LogP contribution in [0.15, 0.2) is 60.8 Å². The first kappa shape index (κ1) is 11.5. The fourth-order valence-electron chi connectivity index (χ4n) is 2.03. The highest BCUT2D eigenvalue weighted by Gasteiger charge is 2.02. The predicted octanol–water partition coefficient (Wildman–Crippen LogP) is 3.99. The number of pyridine rings is 1. The number of methoxy groups -OCH3 is 1. The van der Waals surface area contributed by atoms with E-state index in [0.717, 1.165) is 22.6 Å². The van der Waals surface area contributed by atoms with Crippen LogP contribution in [0.2, 0.25) is 0 Å². The van der Waals surface area contributed by atoms with Crippen molar-refractivity contribution < 1.29 is 4.74 Å².